The van der Waals surface area contributed by atoms with Crippen LogP contribution in [0.4, 0.5) is 13.2 Å². The summed E-state index contributed by atoms with van der Waals surface area (Å²) in [5, 5.41) is 5.84. The van der Waals surface area contributed by atoms with E-state index in [0.29, 0.717) is 5.69 Å². The van der Waals surface area contributed by atoms with Crippen molar-refractivity contribution in [3.8, 4) is 5.69 Å². The number of nitrogens with zero attached hydrogens (tertiary/aromatic N) is 2. The molecule has 0 saturated carbocycles. The van der Waals surface area contributed by atoms with Crippen molar-refractivity contribution in [2.24, 2.45) is 5.10 Å². The van der Waals surface area contributed by atoms with E-state index in [-0.39, 0.29) is 11.3 Å². The predicted octanol–water partition coefficient (Wildman–Crippen LogP) is 3.17. The monoisotopic (exact) mass is 388 g/mol. The fourth-order valence-electron chi connectivity index (χ4n) is 2.61. The summed E-state index contributed by atoms with van der Waals surface area (Å²) in [6, 6.07) is 15.8. The molecule has 2 aromatic carbocycles. The molecule has 1 aromatic heterocycles. The smallest absolute Gasteiger partial charge is 0.295 e. The van der Waals surface area contributed by atoms with E-state index in [1.54, 1.807) is 48.5 Å². The standard InChI is InChI=1S/C19H15F3N4O2/c1-12-15(18(28)26(25-12)14-10-6-3-7-11-14)16(19(20,21)22)23-24-17(27)13-8-4-2-5-9-13/h2-11,25H,1H3,(H,24,27)/b23-16-. The van der Waals surface area contributed by atoms with Crippen LogP contribution in [-0.2, 0) is 0 Å². The van der Waals surface area contributed by atoms with E-state index in [4.69, 9.17) is 0 Å². The first kappa shape index (κ1) is 19.2. The maximum absolute atomic E-state index is 13.6. The second kappa shape index (κ2) is 7.55. The number of aromatic amines is 1. The Labute approximate surface area is 157 Å². The number of alkyl halides is 3. The first-order chi connectivity index (χ1) is 13.3. The summed E-state index contributed by atoms with van der Waals surface area (Å²) in [6.07, 6.45) is -4.95. The number of nitrogens with one attached hydrogen (secondary N) is 2. The fourth-order valence-corrected chi connectivity index (χ4v) is 2.61. The molecule has 1 heterocycles. The molecular formula is C19H15F3N4O2. The van der Waals surface area contributed by atoms with Crippen LogP contribution < -0.4 is 11.0 Å². The minimum Gasteiger partial charge on any atom is -0.295 e. The van der Waals surface area contributed by atoms with Gasteiger partial charge in [-0.05, 0) is 31.2 Å². The number of H-pyrrole nitrogens is 1. The van der Waals surface area contributed by atoms with E-state index < -0.39 is 28.9 Å². The van der Waals surface area contributed by atoms with Crippen molar-refractivity contribution in [3.05, 3.63) is 87.8 Å². The molecule has 0 aliphatic heterocycles. The number of rotatable bonds is 4. The molecule has 1 amide bonds. The molecule has 0 bridgehead atoms. The highest BCUT2D eigenvalue weighted by Crippen LogP contribution is 2.22. The normalized spacial score (nSPS) is 12.1. The minimum absolute atomic E-state index is 0.0288. The number of aryl methyl sites for hydroxylation is 1. The number of benzene rings is 2. The lowest BCUT2D eigenvalue weighted by Gasteiger charge is -2.09. The van der Waals surface area contributed by atoms with Gasteiger partial charge in [0.2, 0.25) is 0 Å². The van der Waals surface area contributed by atoms with Crippen molar-refractivity contribution in [2.75, 3.05) is 0 Å². The summed E-state index contributed by atoms with van der Waals surface area (Å²) >= 11 is 0. The zero-order valence-corrected chi connectivity index (χ0v) is 14.6. The van der Waals surface area contributed by atoms with E-state index in [9.17, 15) is 22.8 Å². The molecule has 2 N–H and O–H groups in total. The predicted molar refractivity (Wildman–Crippen MR) is 97.6 cm³/mol. The number of hydrogen-bond donors (Lipinski definition) is 2. The van der Waals surface area contributed by atoms with Gasteiger partial charge in [-0.15, -0.1) is 0 Å². The van der Waals surface area contributed by atoms with Crippen LogP contribution in [0, 0.1) is 6.92 Å². The molecule has 0 aliphatic rings. The number of amides is 1. The number of carbonyl (C=O) groups excluding carboxylic acids is 1. The SMILES string of the molecule is Cc1[nH]n(-c2ccccc2)c(=O)c1/C(=N/NC(=O)c1ccccc1)C(F)(F)F. The highest BCUT2D eigenvalue weighted by atomic mass is 19.4. The number of halogens is 3. The third-order valence-electron chi connectivity index (χ3n) is 3.90. The van der Waals surface area contributed by atoms with E-state index >= 15 is 0 Å². The molecule has 0 radical (unpaired) electrons. The Morgan fingerprint density at radius 1 is 1.04 bits per heavy atom. The van der Waals surface area contributed by atoms with Gasteiger partial charge in [0.05, 0.1) is 11.3 Å². The lowest BCUT2D eigenvalue weighted by molar-refractivity contribution is -0.0584. The number of carbonyl (C=O) groups is 1. The van der Waals surface area contributed by atoms with Gasteiger partial charge < -0.3 is 0 Å². The van der Waals surface area contributed by atoms with Crippen molar-refractivity contribution < 1.29 is 18.0 Å². The summed E-state index contributed by atoms with van der Waals surface area (Å²) in [6.45, 7) is 1.33. The maximum atomic E-state index is 13.6. The van der Waals surface area contributed by atoms with Crippen LogP contribution in [0.25, 0.3) is 5.69 Å². The van der Waals surface area contributed by atoms with E-state index in [1.807, 2.05) is 5.43 Å². The van der Waals surface area contributed by atoms with Crippen LogP contribution in [0.15, 0.2) is 70.6 Å². The summed E-state index contributed by atoms with van der Waals surface area (Å²) in [5.74, 6) is -0.820. The number of aromatic nitrogens is 2. The van der Waals surface area contributed by atoms with E-state index in [0.717, 1.165) is 4.68 Å². The van der Waals surface area contributed by atoms with Crippen molar-refractivity contribution in [1.29, 1.82) is 0 Å². The van der Waals surface area contributed by atoms with Gasteiger partial charge in [-0.3, -0.25) is 14.7 Å². The Hall–Kier alpha value is -3.62. The molecule has 6 nitrogen and oxygen atoms in total. The largest absolute Gasteiger partial charge is 0.435 e. The van der Waals surface area contributed by atoms with Crippen LogP contribution in [0.2, 0.25) is 0 Å². The zero-order chi connectivity index (χ0) is 20.3. The summed E-state index contributed by atoms with van der Waals surface area (Å²) in [5.41, 5.74) is -0.709. The Bertz CT molecular complexity index is 1070. The lowest BCUT2D eigenvalue weighted by atomic mass is 10.1. The van der Waals surface area contributed by atoms with Crippen molar-refractivity contribution >= 4 is 11.6 Å². The van der Waals surface area contributed by atoms with Gasteiger partial charge in [0.15, 0.2) is 5.71 Å². The zero-order valence-electron chi connectivity index (χ0n) is 14.6. The third kappa shape index (κ3) is 3.88. The van der Waals surface area contributed by atoms with Crippen LogP contribution in [0.1, 0.15) is 21.6 Å². The quantitative estimate of drug-likeness (QED) is 0.532. The molecule has 0 unspecified atom stereocenters. The first-order valence-electron chi connectivity index (χ1n) is 8.16. The summed E-state index contributed by atoms with van der Waals surface area (Å²) < 4.78 is 41.7. The number of hydrogen-bond acceptors (Lipinski definition) is 3. The van der Waals surface area contributed by atoms with Crippen LogP contribution in [0.5, 0.6) is 0 Å². The van der Waals surface area contributed by atoms with Gasteiger partial charge in [-0.25, -0.2) is 10.1 Å². The fraction of sp³-hybridized carbons (Fsp3) is 0.105. The molecular weight excluding hydrogens is 373 g/mol. The first-order valence-corrected chi connectivity index (χ1v) is 8.16. The summed E-state index contributed by atoms with van der Waals surface area (Å²) in [4.78, 5) is 24.7. The molecule has 0 atom stereocenters. The van der Waals surface area contributed by atoms with Crippen molar-refractivity contribution in [1.82, 2.24) is 15.2 Å². The van der Waals surface area contributed by atoms with E-state index in [2.05, 4.69) is 10.2 Å². The number of hydrazone groups is 1. The van der Waals surface area contributed by atoms with Crippen molar-refractivity contribution in [2.45, 2.75) is 13.1 Å². The third-order valence-corrected chi connectivity index (χ3v) is 3.90. The number of para-hydroxylation sites is 1. The molecule has 0 spiro atoms. The Morgan fingerprint density at radius 3 is 2.18 bits per heavy atom. The molecule has 144 valence electrons. The van der Waals surface area contributed by atoms with Crippen LogP contribution >= 0.6 is 0 Å². The molecule has 0 saturated heterocycles. The Kier molecular flexibility index (Phi) is 5.16. The molecule has 9 heteroatoms. The van der Waals surface area contributed by atoms with E-state index in [1.165, 1.54) is 19.1 Å². The molecule has 0 aliphatic carbocycles. The average molecular weight is 388 g/mol. The summed E-state index contributed by atoms with van der Waals surface area (Å²) in [7, 11) is 0. The second-order valence-corrected chi connectivity index (χ2v) is 5.85. The van der Waals surface area contributed by atoms with Gasteiger partial charge in [0, 0.05) is 11.3 Å². The second-order valence-electron chi connectivity index (χ2n) is 5.85. The van der Waals surface area contributed by atoms with Crippen molar-refractivity contribution in [3.63, 3.8) is 0 Å². The van der Waals surface area contributed by atoms with Crippen LogP contribution in [0.3, 0.4) is 0 Å². The highest BCUT2D eigenvalue weighted by molar-refractivity contribution is 6.06. The topological polar surface area (TPSA) is 79.2 Å². The average Bonchev–Trinajstić information content (AvgIpc) is 2.97. The van der Waals surface area contributed by atoms with Gasteiger partial charge >= 0.3 is 6.18 Å². The Morgan fingerprint density at radius 2 is 1.61 bits per heavy atom. The molecule has 28 heavy (non-hydrogen) atoms. The molecule has 3 rings (SSSR count). The molecule has 3 aromatic rings. The van der Waals surface area contributed by atoms with Gasteiger partial charge in [0.1, 0.15) is 0 Å². The van der Waals surface area contributed by atoms with Crippen LogP contribution in [-0.4, -0.2) is 27.6 Å². The maximum Gasteiger partial charge on any atom is 0.435 e. The lowest BCUT2D eigenvalue weighted by Crippen LogP contribution is -2.33. The molecule has 0 fully saturated rings. The Balaban J connectivity index is 2.03. The minimum atomic E-state index is -4.95. The highest BCUT2D eigenvalue weighted by Gasteiger charge is 2.41. The van der Waals surface area contributed by atoms with Gasteiger partial charge in [-0.1, -0.05) is 36.4 Å². The van der Waals surface area contributed by atoms with Gasteiger partial charge in [0.25, 0.3) is 11.5 Å². The van der Waals surface area contributed by atoms with Gasteiger partial charge in [-0.2, -0.15) is 18.3 Å².